The lowest BCUT2D eigenvalue weighted by atomic mass is 9.92. The van der Waals surface area contributed by atoms with Gasteiger partial charge in [-0.15, -0.1) is 5.11 Å². The van der Waals surface area contributed by atoms with Crippen molar-refractivity contribution in [2.75, 3.05) is 7.11 Å². The molecule has 9 heteroatoms. The first-order valence-electron chi connectivity index (χ1n) is 8.96. The van der Waals surface area contributed by atoms with E-state index in [1.165, 1.54) is 7.11 Å². The van der Waals surface area contributed by atoms with Crippen molar-refractivity contribution in [3.63, 3.8) is 0 Å². The van der Waals surface area contributed by atoms with Crippen molar-refractivity contribution in [1.29, 1.82) is 0 Å². The number of methoxy groups -OCH3 is 1. The minimum absolute atomic E-state index is 0.321. The van der Waals surface area contributed by atoms with Gasteiger partial charge in [0.2, 0.25) is 0 Å². The highest BCUT2D eigenvalue weighted by atomic mass is 16.6. The predicted molar refractivity (Wildman–Crippen MR) is 106 cm³/mol. The van der Waals surface area contributed by atoms with Crippen molar-refractivity contribution >= 4 is 17.7 Å². The average Bonchev–Trinajstić information content (AvgIpc) is 2.68. The van der Waals surface area contributed by atoms with E-state index in [9.17, 15) is 9.59 Å². The van der Waals surface area contributed by atoms with Gasteiger partial charge in [0.25, 0.3) is 5.91 Å². The van der Waals surface area contributed by atoms with Crippen LogP contribution in [0.15, 0.2) is 52.7 Å². The number of benzene rings is 2. The number of carbonyl (C=O) groups excluding carboxylic acids is 2. The first-order chi connectivity index (χ1) is 13.7. The number of nitrogens with zero attached hydrogens (tertiary/aromatic N) is 3. The molecule has 0 saturated carbocycles. The minimum atomic E-state index is -0.777. The fourth-order valence-corrected chi connectivity index (χ4v) is 2.96. The van der Waals surface area contributed by atoms with Gasteiger partial charge in [-0.1, -0.05) is 29.4 Å². The SMILES string of the molecule is COc1cc(N=NC(=O)OC(C)(C)C)ccc1C1NN(N)C(=O)c2ccccc21. The molecule has 0 spiro atoms. The number of azo groups is 1. The number of fused-ring (bicyclic) bond motifs is 1. The summed E-state index contributed by atoms with van der Waals surface area (Å²) in [6.07, 6.45) is -0.777. The van der Waals surface area contributed by atoms with Gasteiger partial charge in [0.05, 0.1) is 18.8 Å². The molecular weight excluding hydrogens is 374 g/mol. The number of carbonyl (C=O) groups is 2. The molecule has 29 heavy (non-hydrogen) atoms. The molecule has 1 atom stereocenters. The van der Waals surface area contributed by atoms with Crippen LogP contribution in [0.2, 0.25) is 0 Å². The average molecular weight is 397 g/mol. The first-order valence-corrected chi connectivity index (χ1v) is 8.96. The molecule has 0 bridgehead atoms. The van der Waals surface area contributed by atoms with Gasteiger partial charge in [0, 0.05) is 17.2 Å². The predicted octanol–water partition coefficient (Wildman–Crippen LogP) is 3.64. The number of amides is 2. The Morgan fingerprint density at radius 3 is 2.59 bits per heavy atom. The maximum atomic E-state index is 12.3. The van der Waals surface area contributed by atoms with Crippen LogP contribution in [0, 0.1) is 0 Å². The fraction of sp³-hybridized carbons (Fsp3) is 0.300. The number of hydrazine groups is 2. The Bertz CT molecular complexity index is 968. The molecule has 1 unspecified atom stereocenters. The molecule has 9 nitrogen and oxygen atoms in total. The van der Waals surface area contributed by atoms with Crippen molar-refractivity contribution in [3.8, 4) is 5.75 Å². The monoisotopic (exact) mass is 397 g/mol. The van der Waals surface area contributed by atoms with Crippen LogP contribution in [0.4, 0.5) is 10.5 Å². The summed E-state index contributed by atoms with van der Waals surface area (Å²) in [5.74, 6) is 6.00. The maximum absolute atomic E-state index is 12.3. The van der Waals surface area contributed by atoms with Crippen LogP contribution in [0.5, 0.6) is 5.75 Å². The summed E-state index contributed by atoms with van der Waals surface area (Å²) >= 11 is 0. The molecule has 2 amide bonds. The van der Waals surface area contributed by atoms with Gasteiger partial charge in [-0.25, -0.2) is 21.2 Å². The standard InChI is InChI=1S/C20H23N5O4/c1-20(2,3)29-19(27)23-22-12-9-10-15(16(11-12)28-4)17-13-7-5-6-8-14(13)18(26)25(21)24-17/h5-11,17,24H,21H2,1-4H3. The highest BCUT2D eigenvalue weighted by Crippen LogP contribution is 2.36. The Morgan fingerprint density at radius 2 is 1.90 bits per heavy atom. The molecule has 3 rings (SSSR count). The Hall–Kier alpha value is -3.30. The van der Waals surface area contributed by atoms with Crippen LogP contribution in [0.25, 0.3) is 0 Å². The zero-order chi connectivity index (χ0) is 21.2. The second-order valence-electron chi connectivity index (χ2n) is 7.43. The summed E-state index contributed by atoms with van der Waals surface area (Å²) in [5.41, 5.74) is 4.77. The number of hydrogen-bond acceptors (Lipinski definition) is 7. The van der Waals surface area contributed by atoms with Crippen LogP contribution in [0.3, 0.4) is 0 Å². The second kappa shape index (κ2) is 7.98. The highest BCUT2D eigenvalue weighted by Gasteiger charge is 2.31. The molecule has 0 saturated heterocycles. The van der Waals surface area contributed by atoms with E-state index in [1.807, 2.05) is 12.1 Å². The first kappa shape index (κ1) is 20.4. The maximum Gasteiger partial charge on any atom is 0.452 e. The molecule has 0 aromatic heterocycles. The molecule has 1 aliphatic heterocycles. The smallest absolute Gasteiger partial charge is 0.452 e. The normalized spacial score (nSPS) is 16.7. The lowest BCUT2D eigenvalue weighted by Crippen LogP contribution is -2.53. The molecule has 1 aliphatic rings. The van der Waals surface area contributed by atoms with E-state index in [0.29, 0.717) is 17.0 Å². The molecule has 1 heterocycles. The molecule has 2 aromatic rings. The molecule has 2 aromatic carbocycles. The summed E-state index contributed by atoms with van der Waals surface area (Å²) in [6.45, 7) is 5.25. The largest absolute Gasteiger partial charge is 0.496 e. The summed E-state index contributed by atoms with van der Waals surface area (Å²) in [5, 5.41) is 8.45. The molecule has 0 aliphatic carbocycles. The molecule has 0 radical (unpaired) electrons. The van der Waals surface area contributed by atoms with Crippen LogP contribution in [0.1, 0.15) is 48.3 Å². The Labute approximate surface area is 168 Å². The number of nitrogens with two attached hydrogens (primary N) is 1. The van der Waals surface area contributed by atoms with Crippen molar-refractivity contribution in [1.82, 2.24) is 10.5 Å². The summed E-state index contributed by atoms with van der Waals surface area (Å²) in [6, 6.07) is 11.9. The summed E-state index contributed by atoms with van der Waals surface area (Å²) < 4.78 is 10.6. The van der Waals surface area contributed by atoms with Gasteiger partial charge in [0.15, 0.2) is 0 Å². The Kier molecular flexibility index (Phi) is 5.62. The van der Waals surface area contributed by atoms with E-state index >= 15 is 0 Å². The third-order valence-corrected chi connectivity index (χ3v) is 4.16. The van der Waals surface area contributed by atoms with Crippen molar-refractivity contribution in [3.05, 3.63) is 59.2 Å². The van der Waals surface area contributed by atoms with Crippen LogP contribution in [-0.2, 0) is 4.74 Å². The second-order valence-corrected chi connectivity index (χ2v) is 7.43. The van der Waals surface area contributed by atoms with E-state index in [4.69, 9.17) is 15.3 Å². The summed E-state index contributed by atoms with van der Waals surface area (Å²) in [4.78, 5) is 24.0. The van der Waals surface area contributed by atoms with Gasteiger partial charge >= 0.3 is 6.09 Å². The van der Waals surface area contributed by atoms with Crippen LogP contribution < -0.4 is 16.0 Å². The van der Waals surface area contributed by atoms with Crippen LogP contribution in [-0.4, -0.2) is 29.8 Å². The zero-order valence-corrected chi connectivity index (χ0v) is 16.7. The van der Waals surface area contributed by atoms with Gasteiger partial charge in [0.1, 0.15) is 11.4 Å². The number of hydrogen-bond donors (Lipinski definition) is 2. The fourth-order valence-electron chi connectivity index (χ4n) is 2.96. The number of rotatable bonds is 3. The molecular formula is C20H23N5O4. The van der Waals surface area contributed by atoms with Crippen molar-refractivity contribution < 1.29 is 19.1 Å². The summed E-state index contributed by atoms with van der Waals surface area (Å²) in [7, 11) is 1.52. The van der Waals surface area contributed by atoms with Gasteiger partial charge in [-0.05, 0) is 38.5 Å². The quantitative estimate of drug-likeness (QED) is 0.464. The van der Waals surface area contributed by atoms with E-state index in [2.05, 4.69) is 15.7 Å². The topological polar surface area (TPSA) is 119 Å². The molecule has 152 valence electrons. The third kappa shape index (κ3) is 4.58. The van der Waals surface area contributed by atoms with E-state index in [1.54, 1.807) is 51.1 Å². The highest BCUT2D eigenvalue weighted by molar-refractivity contribution is 5.96. The Morgan fingerprint density at radius 1 is 1.17 bits per heavy atom. The minimum Gasteiger partial charge on any atom is -0.496 e. The molecule has 3 N–H and O–H groups in total. The zero-order valence-electron chi connectivity index (χ0n) is 16.7. The van der Waals surface area contributed by atoms with Crippen molar-refractivity contribution in [2.24, 2.45) is 16.1 Å². The van der Waals surface area contributed by atoms with Gasteiger partial charge in [-0.3, -0.25) is 4.79 Å². The lowest BCUT2D eigenvalue weighted by molar-refractivity contribution is 0.0586. The van der Waals surface area contributed by atoms with E-state index < -0.39 is 17.7 Å². The van der Waals surface area contributed by atoms with Crippen molar-refractivity contribution in [2.45, 2.75) is 32.4 Å². The lowest BCUT2D eigenvalue weighted by Gasteiger charge is -2.33. The number of ether oxygens (including phenoxy) is 2. The molecule has 0 fully saturated rings. The third-order valence-electron chi connectivity index (χ3n) is 4.16. The van der Waals surface area contributed by atoms with Crippen LogP contribution >= 0.6 is 0 Å². The Balaban J connectivity index is 1.91. The van der Waals surface area contributed by atoms with Gasteiger partial charge < -0.3 is 9.47 Å². The van der Waals surface area contributed by atoms with Gasteiger partial charge in [-0.2, -0.15) is 0 Å². The van der Waals surface area contributed by atoms with E-state index in [0.717, 1.165) is 16.2 Å². The number of nitrogens with one attached hydrogen (secondary N) is 1. The van der Waals surface area contributed by atoms with E-state index in [-0.39, 0.29) is 5.91 Å².